The molecule has 1 aromatic carbocycles. The van der Waals surface area contributed by atoms with Crippen molar-refractivity contribution in [1.82, 2.24) is 0 Å². The van der Waals surface area contributed by atoms with Gasteiger partial charge in [0.05, 0.1) is 23.2 Å². The summed E-state index contributed by atoms with van der Waals surface area (Å²) in [5.74, 6) is -0.104. The normalized spacial score (nSPS) is 21.9. The lowest BCUT2D eigenvalue weighted by Crippen LogP contribution is -2.32. The van der Waals surface area contributed by atoms with Crippen LogP contribution in [0, 0.1) is 12.8 Å². The van der Waals surface area contributed by atoms with Crippen LogP contribution in [0.4, 0.5) is 5.69 Å². The van der Waals surface area contributed by atoms with Gasteiger partial charge in [-0.15, -0.1) is 0 Å². The van der Waals surface area contributed by atoms with E-state index in [0.717, 1.165) is 36.9 Å². The number of carbonyl (C=O) groups is 1. The third-order valence-corrected chi connectivity index (χ3v) is 4.62. The smallest absolute Gasteiger partial charge is 0.308 e. The Balaban J connectivity index is 2.03. The molecule has 0 saturated heterocycles. The van der Waals surface area contributed by atoms with Gasteiger partial charge in [0.15, 0.2) is 0 Å². The fourth-order valence-corrected chi connectivity index (χ4v) is 3.21. The van der Waals surface area contributed by atoms with Crippen LogP contribution in [0.1, 0.15) is 38.2 Å². The molecule has 0 spiro atoms. The van der Waals surface area contributed by atoms with Crippen molar-refractivity contribution in [3.63, 3.8) is 0 Å². The Morgan fingerprint density at radius 2 is 2.10 bits per heavy atom. The standard InChI is InChI=1S/C16H21Cl2NO2/c1-3-21-16(20)11-5-4-6-12(8-11)19-15-9-13(17)10(2)7-14(15)18/h7,9,11-12,19H,3-6,8H2,1-2H3. The molecular weight excluding hydrogens is 309 g/mol. The van der Waals surface area contributed by atoms with Crippen LogP contribution >= 0.6 is 23.2 Å². The van der Waals surface area contributed by atoms with Crippen molar-refractivity contribution in [1.29, 1.82) is 0 Å². The molecule has 1 fully saturated rings. The van der Waals surface area contributed by atoms with Crippen molar-refractivity contribution >= 4 is 34.9 Å². The highest BCUT2D eigenvalue weighted by Gasteiger charge is 2.28. The first-order valence-corrected chi connectivity index (χ1v) is 8.15. The van der Waals surface area contributed by atoms with E-state index in [-0.39, 0.29) is 17.9 Å². The van der Waals surface area contributed by atoms with Gasteiger partial charge in [0.2, 0.25) is 0 Å². The first kappa shape index (κ1) is 16.4. The van der Waals surface area contributed by atoms with Crippen molar-refractivity contribution in [2.75, 3.05) is 11.9 Å². The number of ether oxygens (including phenoxy) is 1. The van der Waals surface area contributed by atoms with E-state index in [1.807, 2.05) is 26.0 Å². The highest BCUT2D eigenvalue weighted by atomic mass is 35.5. The van der Waals surface area contributed by atoms with Gasteiger partial charge in [0, 0.05) is 11.1 Å². The molecule has 2 rings (SSSR count). The topological polar surface area (TPSA) is 38.3 Å². The van der Waals surface area contributed by atoms with Crippen LogP contribution in [0.2, 0.25) is 10.0 Å². The van der Waals surface area contributed by atoms with E-state index in [9.17, 15) is 4.79 Å². The molecular formula is C16H21Cl2NO2. The number of benzene rings is 1. The van der Waals surface area contributed by atoms with Crippen LogP contribution < -0.4 is 5.32 Å². The van der Waals surface area contributed by atoms with Gasteiger partial charge in [-0.2, -0.15) is 0 Å². The Kier molecular flexibility index (Phi) is 5.77. The molecule has 1 N–H and O–H groups in total. The molecule has 2 atom stereocenters. The second-order valence-corrected chi connectivity index (χ2v) is 6.35. The minimum Gasteiger partial charge on any atom is -0.466 e. The van der Waals surface area contributed by atoms with Crippen molar-refractivity contribution in [2.45, 2.75) is 45.6 Å². The van der Waals surface area contributed by atoms with Crippen LogP contribution in [0.3, 0.4) is 0 Å². The van der Waals surface area contributed by atoms with Crippen LogP contribution in [0.25, 0.3) is 0 Å². The zero-order valence-corrected chi connectivity index (χ0v) is 13.9. The molecule has 116 valence electrons. The monoisotopic (exact) mass is 329 g/mol. The van der Waals surface area contributed by atoms with E-state index in [2.05, 4.69) is 5.32 Å². The molecule has 21 heavy (non-hydrogen) atoms. The minimum atomic E-state index is -0.0861. The van der Waals surface area contributed by atoms with Gasteiger partial charge in [0.1, 0.15) is 0 Å². The van der Waals surface area contributed by atoms with Gasteiger partial charge in [-0.25, -0.2) is 0 Å². The SMILES string of the molecule is CCOC(=O)C1CCCC(Nc2cc(Cl)c(C)cc2Cl)C1. The molecule has 0 aliphatic heterocycles. The number of hydrogen-bond donors (Lipinski definition) is 1. The summed E-state index contributed by atoms with van der Waals surface area (Å²) in [4.78, 5) is 11.9. The Morgan fingerprint density at radius 3 is 2.81 bits per heavy atom. The largest absolute Gasteiger partial charge is 0.466 e. The quantitative estimate of drug-likeness (QED) is 0.803. The lowest BCUT2D eigenvalue weighted by molar-refractivity contribution is -0.149. The first-order valence-electron chi connectivity index (χ1n) is 7.40. The Hall–Kier alpha value is -0.930. The maximum atomic E-state index is 11.9. The summed E-state index contributed by atoms with van der Waals surface area (Å²) in [7, 11) is 0. The number of esters is 1. The fraction of sp³-hybridized carbons (Fsp3) is 0.562. The molecule has 0 amide bonds. The molecule has 1 saturated carbocycles. The van der Waals surface area contributed by atoms with E-state index in [1.165, 1.54) is 0 Å². The number of aryl methyl sites for hydroxylation is 1. The Morgan fingerprint density at radius 1 is 1.33 bits per heavy atom. The van der Waals surface area contributed by atoms with Gasteiger partial charge < -0.3 is 10.1 Å². The lowest BCUT2D eigenvalue weighted by atomic mass is 9.85. The van der Waals surface area contributed by atoms with Crippen molar-refractivity contribution < 1.29 is 9.53 Å². The molecule has 2 unspecified atom stereocenters. The van der Waals surface area contributed by atoms with E-state index < -0.39 is 0 Å². The van der Waals surface area contributed by atoms with Gasteiger partial charge >= 0.3 is 5.97 Å². The molecule has 1 aromatic rings. The van der Waals surface area contributed by atoms with Crippen LogP contribution in [0.15, 0.2) is 12.1 Å². The highest BCUT2D eigenvalue weighted by Crippen LogP contribution is 2.33. The van der Waals surface area contributed by atoms with Crippen molar-refractivity contribution in [2.24, 2.45) is 5.92 Å². The summed E-state index contributed by atoms with van der Waals surface area (Å²) in [5.41, 5.74) is 1.79. The summed E-state index contributed by atoms with van der Waals surface area (Å²) >= 11 is 12.4. The fourth-order valence-electron chi connectivity index (χ4n) is 2.77. The summed E-state index contributed by atoms with van der Waals surface area (Å²) in [5, 5.41) is 4.78. The predicted octanol–water partition coefficient (Wildman–Crippen LogP) is 4.84. The third kappa shape index (κ3) is 4.27. The first-order chi connectivity index (χ1) is 10.0. The number of anilines is 1. The average Bonchev–Trinajstić information content (AvgIpc) is 2.45. The molecule has 5 heteroatoms. The zero-order chi connectivity index (χ0) is 15.4. The van der Waals surface area contributed by atoms with E-state index in [4.69, 9.17) is 27.9 Å². The van der Waals surface area contributed by atoms with E-state index >= 15 is 0 Å². The second-order valence-electron chi connectivity index (χ2n) is 5.54. The zero-order valence-electron chi connectivity index (χ0n) is 12.4. The molecule has 1 aliphatic carbocycles. The van der Waals surface area contributed by atoms with Crippen LogP contribution in [-0.4, -0.2) is 18.6 Å². The number of hydrogen-bond acceptors (Lipinski definition) is 3. The molecule has 0 aromatic heterocycles. The maximum absolute atomic E-state index is 11.9. The number of rotatable bonds is 4. The Labute approximate surface area is 136 Å². The number of halogens is 2. The molecule has 1 aliphatic rings. The Bertz CT molecular complexity index is 519. The predicted molar refractivity (Wildman–Crippen MR) is 87.2 cm³/mol. The molecule has 0 heterocycles. The third-order valence-electron chi connectivity index (χ3n) is 3.90. The number of nitrogens with one attached hydrogen (secondary N) is 1. The molecule has 3 nitrogen and oxygen atoms in total. The summed E-state index contributed by atoms with van der Waals surface area (Å²) in [6, 6.07) is 3.94. The van der Waals surface area contributed by atoms with E-state index in [0.29, 0.717) is 16.7 Å². The number of carbonyl (C=O) groups excluding carboxylic acids is 1. The summed E-state index contributed by atoms with van der Waals surface area (Å²) in [6.07, 6.45) is 3.72. The molecule has 0 radical (unpaired) electrons. The van der Waals surface area contributed by atoms with Gasteiger partial charge in [0.25, 0.3) is 0 Å². The second kappa shape index (κ2) is 7.37. The van der Waals surface area contributed by atoms with E-state index in [1.54, 1.807) is 0 Å². The van der Waals surface area contributed by atoms with Crippen molar-refractivity contribution in [3.8, 4) is 0 Å². The average molecular weight is 330 g/mol. The van der Waals surface area contributed by atoms with Crippen LogP contribution in [0.5, 0.6) is 0 Å². The summed E-state index contributed by atoms with van der Waals surface area (Å²) in [6.45, 7) is 4.20. The summed E-state index contributed by atoms with van der Waals surface area (Å²) < 4.78 is 5.12. The minimum absolute atomic E-state index is 0.0177. The van der Waals surface area contributed by atoms with Crippen molar-refractivity contribution in [3.05, 3.63) is 27.7 Å². The highest BCUT2D eigenvalue weighted by molar-refractivity contribution is 6.35. The molecule has 0 bridgehead atoms. The van der Waals surface area contributed by atoms with Gasteiger partial charge in [-0.05, 0) is 50.8 Å². The van der Waals surface area contributed by atoms with Crippen LogP contribution in [-0.2, 0) is 9.53 Å². The van der Waals surface area contributed by atoms with Gasteiger partial charge in [-0.3, -0.25) is 4.79 Å². The van der Waals surface area contributed by atoms with Gasteiger partial charge in [-0.1, -0.05) is 29.6 Å². The maximum Gasteiger partial charge on any atom is 0.308 e. The lowest BCUT2D eigenvalue weighted by Gasteiger charge is -2.29.